The third-order valence-electron chi connectivity index (χ3n) is 4.46. The molecule has 0 rings (SSSR count). The first-order chi connectivity index (χ1) is 13.7. The first-order valence-electron chi connectivity index (χ1n) is 11.3. The number of rotatable bonds is 21. The van der Waals surface area contributed by atoms with E-state index in [-0.39, 0.29) is 23.4 Å². The van der Waals surface area contributed by atoms with Gasteiger partial charge < -0.3 is 9.47 Å². The van der Waals surface area contributed by atoms with E-state index in [1.165, 1.54) is 85.8 Å². The Bertz CT molecular complexity index is 330. The normalized spacial score (nSPS) is 10.8. The molecule has 6 heteroatoms. The standard InChI is InChI=1S/C22H42O4S2/c1-3-5-7-9-11-13-15-17-25-21(23)19-27-28-20-22(24)26-18-16-14-12-10-8-6-4-2/h3-20H2,1-2H3. The van der Waals surface area contributed by atoms with Crippen LogP contribution in [0.1, 0.15) is 104 Å². The molecule has 0 unspecified atom stereocenters. The summed E-state index contributed by atoms with van der Waals surface area (Å²) in [7, 11) is 2.73. The summed E-state index contributed by atoms with van der Waals surface area (Å²) in [5.74, 6) is 0.179. The van der Waals surface area contributed by atoms with Crippen molar-refractivity contribution in [1.29, 1.82) is 0 Å². The smallest absolute Gasteiger partial charge is 0.316 e. The number of esters is 2. The summed E-state index contributed by atoms with van der Waals surface area (Å²) in [6, 6.07) is 0. The van der Waals surface area contributed by atoms with Crippen molar-refractivity contribution >= 4 is 33.5 Å². The highest BCUT2D eigenvalue weighted by Gasteiger charge is 2.07. The highest BCUT2D eigenvalue weighted by Crippen LogP contribution is 2.21. The summed E-state index contributed by atoms with van der Waals surface area (Å²) >= 11 is 0. The van der Waals surface area contributed by atoms with Crippen molar-refractivity contribution in [1.82, 2.24) is 0 Å². The van der Waals surface area contributed by atoms with E-state index >= 15 is 0 Å². The highest BCUT2D eigenvalue weighted by atomic mass is 33.1. The van der Waals surface area contributed by atoms with E-state index in [0.717, 1.165) is 25.7 Å². The second kappa shape index (κ2) is 22.9. The number of hydrogen-bond donors (Lipinski definition) is 0. The van der Waals surface area contributed by atoms with Crippen LogP contribution in [-0.4, -0.2) is 36.7 Å². The lowest BCUT2D eigenvalue weighted by molar-refractivity contribution is -0.141. The van der Waals surface area contributed by atoms with E-state index < -0.39 is 0 Å². The summed E-state index contributed by atoms with van der Waals surface area (Å²) in [5.41, 5.74) is 0. The van der Waals surface area contributed by atoms with Crippen LogP contribution in [0.5, 0.6) is 0 Å². The zero-order valence-electron chi connectivity index (χ0n) is 18.2. The van der Waals surface area contributed by atoms with Crippen LogP contribution in [0.25, 0.3) is 0 Å². The van der Waals surface area contributed by atoms with Gasteiger partial charge in [-0.3, -0.25) is 9.59 Å². The van der Waals surface area contributed by atoms with Crippen LogP contribution in [0.3, 0.4) is 0 Å². The molecule has 0 saturated carbocycles. The molecule has 0 aromatic carbocycles. The van der Waals surface area contributed by atoms with Gasteiger partial charge in [-0.15, -0.1) is 0 Å². The van der Waals surface area contributed by atoms with Crippen molar-refractivity contribution in [3.05, 3.63) is 0 Å². The molecule has 0 aliphatic rings. The molecule has 0 aliphatic carbocycles. The number of carbonyl (C=O) groups excluding carboxylic acids is 2. The number of hydrogen-bond acceptors (Lipinski definition) is 6. The zero-order chi connectivity index (χ0) is 20.7. The summed E-state index contributed by atoms with van der Waals surface area (Å²) < 4.78 is 10.4. The molecule has 0 heterocycles. The molecule has 0 bridgehead atoms. The third-order valence-corrected chi connectivity index (χ3v) is 6.54. The van der Waals surface area contributed by atoms with Crippen molar-refractivity contribution < 1.29 is 19.1 Å². The molecule has 0 aliphatic heterocycles. The Morgan fingerprint density at radius 3 is 1.21 bits per heavy atom. The summed E-state index contributed by atoms with van der Waals surface area (Å²) in [4.78, 5) is 23.3. The minimum Gasteiger partial charge on any atom is -0.465 e. The average Bonchev–Trinajstić information content (AvgIpc) is 2.69. The van der Waals surface area contributed by atoms with Gasteiger partial charge in [-0.05, 0) is 12.8 Å². The Labute approximate surface area is 181 Å². The molecule has 0 spiro atoms. The molecule has 0 atom stereocenters. The van der Waals surface area contributed by atoms with Crippen LogP contribution in [0.4, 0.5) is 0 Å². The maximum atomic E-state index is 11.6. The van der Waals surface area contributed by atoms with E-state index in [2.05, 4.69) is 13.8 Å². The van der Waals surface area contributed by atoms with Crippen molar-refractivity contribution in [3.8, 4) is 0 Å². The predicted molar refractivity (Wildman–Crippen MR) is 123 cm³/mol. The van der Waals surface area contributed by atoms with Gasteiger partial charge >= 0.3 is 11.9 Å². The summed E-state index contributed by atoms with van der Waals surface area (Å²) in [5, 5.41) is 0. The van der Waals surface area contributed by atoms with Gasteiger partial charge in [0.25, 0.3) is 0 Å². The molecule has 28 heavy (non-hydrogen) atoms. The van der Waals surface area contributed by atoms with E-state index in [0.29, 0.717) is 13.2 Å². The molecule has 166 valence electrons. The molecule has 4 nitrogen and oxygen atoms in total. The van der Waals surface area contributed by atoms with Gasteiger partial charge in [-0.25, -0.2) is 0 Å². The van der Waals surface area contributed by atoms with Gasteiger partial charge in [0.15, 0.2) is 0 Å². The van der Waals surface area contributed by atoms with E-state index in [9.17, 15) is 9.59 Å². The Balaban J connectivity index is 3.30. The van der Waals surface area contributed by atoms with Crippen molar-refractivity contribution in [2.24, 2.45) is 0 Å². The Morgan fingerprint density at radius 1 is 0.536 bits per heavy atom. The lowest BCUT2D eigenvalue weighted by atomic mass is 10.1. The van der Waals surface area contributed by atoms with Crippen LogP contribution in [0.15, 0.2) is 0 Å². The van der Waals surface area contributed by atoms with E-state index in [4.69, 9.17) is 9.47 Å². The van der Waals surface area contributed by atoms with Gasteiger partial charge in [-0.1, -0.05) is 112 Å². The minimum absolute atomic E-state index is 0.195. The summed E-state index contributed by atoms with van der Waals surface area (Å²) in [6.45, 7) is 5.46. The van der Waals surface area contributed by atoms with Crippen molar-refractivity contribution in [3.63, 3.8) is 0 Å². The van der Waals surface area contributed by atoms with Crippen molar-refractivity contribution in [2.75, 3.05) is 24.7 Å². The Kier molecular flexibility index (Phi) is 22.6. The largest absolute Gasteiger partial charge is 0.465 e. The molecule has 0 aromatic rings. The third kappa shape index (κ3) is 21.9. The first kappa shape index (κ1) is 27.6. The fourth-order valence-corrected chi connectivity index (χ4v) is 4.36. The fourth-order valence-electron chi connectivity index (χ4n) is 2.75. The van der Waals surface area contributed by atoms with Crippen molar-refractivity contribution in [2.45, 2.75) is 104 Å². The van der Waals surface area contributed by atoms with Gasteiger partial charge in [0.05, 0.1) is 13.2 Å². The Hall–Kier alpha value is -0.360. The molecule has 0 radical (unpaired) electrons. The van der Waals surface area contributed by atoms with E-state index in [1.54, 1.807) is 0 Å². The molecule has 0 saturated heterocycles. The van der Waals surface area contributed by atoms with Gasteiger partial charge in [-0.2, -0.15) is 0 Å². The van der Waals surface area contributed by atoms with Crippen LogP contribution in [0.2, 0.25) is 0 Å². The minimum atomic E-state index is -0.195. The SMILES string of the molecule is CCCCCCCCCOC(=O)CSSCC(=O)OCCCCCCCCC. The molecule has 0 fully saturated rings. The van der Waals surface area contributed by atoms with Gasteiger partial charge in [0.2, 0.25) is 0 Å². The number of carbonyl (C=O) groups is 2. The van der Waals surface area contributed by atoms with Gasteiger partial charge in [0, 0.05) is 0 Å². The highest BCUT2D eigenvalue weighted by molar-refractivity contribution is 8.77. The first-order valence-corrected chi connectivity index (χ1v) is 13.7. The number of unbranched alkanes of at least 4 members (excludes halogenated alkanes) is 12. The average molecular weight is 435 g/mol. The Morgan fingerprint density at radius 2 is 0.857 bits per heavy atom. The van der Waals surface area contributed by atoms with Crippen LogP contribution in [0, 0.1) is 0 Å². The lowest BCUT2D eigenvalue weighted by Crippen LogP contribution is -2.10. The zero-order valence-corrected chi connectivity index (χ0v) is 19.8. The quantitative estimate of drug-likeness (QED) is 0.111. The second-order valence-electron chi connectivity index (χ2n) is 7.21. The molecular weight excluding hydrogens is 392 g/mol. The topological polar surface area (TPSA) is 52.6 Å². The number of ether oxygens (including phenoxy) is 2. The van der Waals surface area contributed by atoms with Crippen LogP contribution in [-0.2, 0) is 19.1 Å². The van der Waals surface area contributed by atoms with Crippen LogP contribution < -0.4 is 0 Å². The molecule has 0 N–H and O–H groups in total. The van der Waals surface area contributed by atoms with Gasteiger partial charge in [0.1, 0.15) is 11.5 Å². The maximum absolute atomic E-state index is 11.6. The van der Waals surface area contributed by atoms with E-state index in [1.807, 2.05) is 0 Å². The molecule has 0 aromatic heterocycles. The molecular formula is C22H42O4S2. The lowest BCUT2D eigenvalue weighted by Gasteiger charge is -2.06. The van der Waals surface area contributed by atoms with Crippen LogP contribution >= 0.6 is 21.6 Å². The summed E-state index contributed by atoms with van der Waals surface area (Å²) in [6.07, 6.45) is 17.0. The fraction of sp³-hybridized carbons (Fsp3) is 0.909. The predicted octanol–water partition coefficient (Wildman–Crippen LogP) is 6.96. The molecule has 0 amide bonds. The second-order valence-corrected chi connectivity index (χ2v) is 9.67. The maximum Gasteiger partial charge on any atom is 0.316 e. The monoisotopic (exact) mass is 434 g/mol.